The lowest BCUT2D eigenvalue weighted by Gasteiger charge is -2.33. The van der Waals surface area contributed by atoms with Crippen molar-refractivity contribution in [1.29, 1.82) is 0 Å². The summed E-state index contributed by atoms with van der Waals surface area (Å²) in [6, 6.07) is 5.02. The fourth-order valence-corrected chi connectivity index (χ4v) is 2.64. The van der Waals surface area contributed by atoms with E-state index in [4.69, 9.17) is 17.3 Å². The third-order valence-corrected chi connectivity index (χ3v) is 3.76. The minimum absolute atomic E-state index is 0.113. The number of carbonyl (C=O) groups is 2. The van der Waals surface area contributed by atoms with Crippen LogP contribution in [0, 0.1) is 5.92 Å². The van der Waals surface area contributed by atoms with Gasteiger partial charge in [-0.25, -0.2) is 4.79 Å². The Kier molecular flexibility index (Phi) is 3.95. The molecule has 0 bridgehead atoms. The molecule has 1 aromatic carbocycles. The number of nitrogens with zero attached hydrogens (tertiary/aromatic N) is 1. The second-order valence-electron chi connectivity index (χ2n) is 4.60. The van der Waals surface area contributed by atoms with Gasteiger partial charge in [0.15, 0.2) is 0 Å². The Morgan fingerprint density at radius 2 is 1.95 bits per heavy atom. The van der Waals surface area contributed by atoms with Gasteiger partial charge < -0.3 is 15.7 Å². The molecule has 1 aliphatic rings. The molecule has 1 amide bonds. The lowest BCUT2D eigenvalue weighted by atomic mass is 9.95. The third-order valence-electron chi connectivity index (χ3n) is 3.44. The quantitative estimate of drug-likeness (QED) is 0.884. The molecule has 1 heterocycles. The first-order chi connectivity index (χ1) is 9.00. The van der Waals surface area contributed by atoms with Crippen LogP contribution in [-0.4, -0.2) is 30.1 Å². The number of carbonyl (C=O) groups excluding carboxylic acids is 1. The van der Waals surface area contributed by atoms with Crippen LogP contribution in [0.25, 0.3) is 0 Å². The van der Waals surface area contributed by atoms with E-state index in [9.17, 15) is 14.7 Å². The van der Waals surface area contributed by atoms with Gasteiger partial charge in [-0.15, -0.1) is 0 Å². The largest absolute Gasteiger partial charge is 0.478 e. The molecule has 0 unspecified atom stereocenters. The van der Waals surface area contributed by atoms with Crippen LogP contribution in [0.2, 0.25) is 5.02 Å². The minimum atomic E-state index is -1.04. The van der Waals surface area contributed by atoms with Crippen LogP contribution in [0.4, 0.5) is 5.69 Å². The first-order valence-corrected chi connectivity index (χ1v) is 6.44. The maximum Gasteiger partial charge on any atom is 0.339 e. The first kappa shape index (κ1) is 13.7. The fourth-order valence-electron chi connectivity index (χ4n) is 2.39. The standard InChI is InChI=1S/C13H15ClN2O3/c14-9-2-1-3-10(11(9)13(18)19)16-6-4-8(5-7-16)12(15)17/h1-3,8H,4-7H2,(H2,15,17)(H,18,19). The maximum atomic E-state index is 11.3. The predicted molar refractivity (Wildman–Crippen MR) is 72.5 cm³/mol. The van der Waals surface area contributed by atoms with Crippen LogP contribution in [0.1, 0.15) is 23.2 Å². The van der Waals surface area contributed by atoms with Crippen molar-refractivity contribution in [2.75, 3.05) is 18.0 Å². The Morgan fingerprint density at radius 3 is 2.47 bits per heavy atom. The zero-order valence-corrected chi connectivity index (χ0v) is 11.1. The number of carboxylic acids is 1. The Morgan fingerprint density at radius 1 is 1.32 bits per heavy atom. The minimum Gasteiger partial charge on any atom is -0.478 e. The topological polar surface area (TPSA) is 83.6 Å². The molecule has 6 heteroatoms. The number of hydrogen-bond acceptors (Lipinski definition) is 3. The molecule has 0 aromatic heterocycles. The monoisotopic (exact) mass is 282 g/mol. The van der Waals surface area contributed by atoms with Crippen LogP contribution >= 0.6 is 11.6 Å². The van der Waals surface area contributed by atoms with Crippen LogP contribution in [-0.2, 0) is 4.79 Å². The summed E-state index contributed by atoms with van der Waals surface area (Å²) in [5.41, 5.74) is 5.99. The van der Waals surface area contributed by atoms with E-state index in [1.165, 1.54) is 0 Å². The molecular formula is C13H15ClN2O3. The molecule has 0 radical (unpaired) electrons. The van der Waals surface area contributed by atoms with Gasteiger partial charge in [0, 0.05) is 19.0 Å². The zero-order valence-electron chi connectivity index (χ0n) is 10.3. The summed E-state index contributed by atoms with van der Waals surface area (Å²) in [5, 5.41) is 9.46. The highest BCUT2D eigenvalue weighted by Crippen LogP contribution is 2.30. The highest BCUT2D eigenvalue weighted by molar-refractivity contribution is 6.34. The number of primary amides is 1. The van der Waals surface area contributed by atoms with Gasteiger partial charge >= 0.3 is 5.97 Å². The second kappa shape index (κ2) is 5.48. The normalized spacial score (nSPS) is 16.4. The van der Waals surface area contributed by atoms with Gasteiger partial charge in [-0.1, -0.05) is 17.7 Å². The van der Waals surface area contributed by atoms with E-state index in [1.807, 2.05) is 4.90 Å². The first-order valence-electron chi connectivity index (χ1n) is 6.06. The zero-order chi connectivity index (χ0) is 14.0. The number of halogens is 1. The number of benzene rings is 1. The second-order valence-corrected chi connectivity index (χ2v) is 5.01. The summed E-state index contributed by atoms with van der Waals surface area (Å²) < 4.78 is 0. The van der Waals surface area contributed by atoms with Crippen LogP contribution in [0.15, 0.2) is 18.2 Å². The number of piperidine rings is 1. The number of anilines is 1. The molecule has 5 nitrogen and oxygen atoms in total. The van der Waals surface area contributed by atoms with E-state index in [2.05, 4.69) is 0 Å². The smallest absolute Gasteiger partial charge is 0.339 e. The van der Waals surface area contributed by atoms with Crippen LogP contribution in [0.3, 0.4) is 0 Å². The lowest BCUT2D eigenvalue weighted by molar-refractivity contribution is -0.122. The summed E-state index contributed by atoms with van der Waals surface area (Å²) in [6.45, 7) is 1.21. The van der Waals surface area contributed by atoms with Crippen molar-refractivity contribution >= 4 is 29.2 Å². The molecule has 0 aliphatic carbocycles. The van der Waals surface area contributed by atoms with Crippen molar-refractivity contribution in [3.63, 3.8) is 0 Å². The molecule has 0 spiro atoms. The molecule has 0 saturated carbocycles. The van der Waals surface area contributed by atoms with Gasteiger partial charge in [-0.2, -0.15) is 0 Å². The van der Waals surface area contributed by atoms with Gasteiger partial charge in [0.1, 0.15) is 5.56 Å². The number of amides is 1. The van der Waals surface area contributed by atoms with Crippen molar-refractivity contribution in [3.8, 4) is 0 Å². The summed E-state index contributed by atoms with van der Waals surface area (Å²) in [6.07, 6.45) is 1.28. The van der Waals surface area contributed by atoms with Crippen molar-refractivity contribution in [2.24, 2.45) is 11.7 Å². The lowest BCUT2D eigenvalue weighted by Crippen LogP contribution is -2.39. The van der Waals surface area contributed by atoms with Crippen molar-refractivity contribution in [3.05, 3.63) is 28.8 Å². The Hall–Kier alpha value is -1.75. The molecule has 2 rings (SSSR count). The summed E-state index contributed by atoms with van der Waals surface area (Å²) in [4.78, 5) is 24.3. The molecule has 19 heavy (non-hydrogen) atoms. The van der Waals surface area contributed by atoms with Crippen molar-refractivity contribution in [2.45, 2.75) is 12.8 Å². The third kappa shape index (κ3) is 2.81. The van der Waals surface area contributed by atoms with Crippen molar-refractivity contribution in [1.82, 2.24) is 0 Å². The molecule has 1 aromatic rings. The van der Waals surface area contributed by atoms with Gasteiger partial charge in [0.25, 0.3) is 0 Å². The molecule has 1 saturated heterocycles. The average molecular weight is 283 g/mol. The highest BCUT2D eigenvalue weighted by Gasteiger charge is 2.26. The van der Waals surface area contributed by atoms with E-state index < -0.39 is 5.97 Å². The predicted octanol–water partition coefficient (Wildman–Crippen LogP) is 1.74. The Balaban J connectivity index is 2.22. The van der Waals surface area contributed by atoms with Crippen LogP contribution in [0.5, 0.6) is 0 Å². The molecule has 102 valence electrons. The van der Waals surface area contributed by atoms with Gasteiger partial charge in [0.05, 0.1) is 10.7 Å². The molecule has 1 fully saturated rings. The molecular weight excluding hydrogens is 268 g/mol. The summed E-state index contributed by atoms with van der Waals surface area (Å²) >= 11 is 5.94. The van der Waals surface area contributed by atoms with E-state index in [0.29, 0.717) is 31.6 Å². The highest BCUT2D eigenvalue weighted by atomic mass is 35.5. The SMILES string of the molecule is NC(=O)C1CCN(c2cccc(Cl)c2C(=O)O)CC1. The number of rotatable bonds is 3. The average Bonchev–Trinajstić information content (AvgIpc) is 2.38. The van der Waals surface area contributed by atoms with Gasteiger partial charge in [-0.05, 0) is 25.0 Å². The summed E-state index contributed by atoms with van der Waals surface area (Å²) in [7, 11) is 0. The van der Waals surface area contributed by atoms with Crippen molar-refractivity contribution < 1.29 is 14.7 Å². The summed E-state index contributed by atoms with van der Waals surface area (Å²) in [5.74, 6) is -1.45. The Labute approximate surface area is 116 Å². The van der Waals surface area contributed by atoms with Gasteiger partial charge in [-0.3, -0.25) is 4.79 Å². The molecule has 1 aliphatic heterocycles. The van der Waals surface area contributed by atoms with Gasteiger partial charge in [0.2, 0.25) is 5.91 Å². The maximum absolute atomic E-state index is 11.3. The van der Waals surface area contributed by atoms with Crippen LogP contribution < -0.4 is 10.6 Å². The number of hydrogen-bond donors (Lipinski definition) is 2. The molecule has 3 N–H and O–H groups in total. The van der Waals surface area contributed by atoms with E-state index in [-0.39, 0.29) is 22.4 Å². The number of nitrogens with two attached hydrogens (primary N) is 1. The fraction of sp³-hybridized carbons (Fsp3) is 0.385. The number of carboxylic acid groups (broad SMARTS) is 1. The van der Waals surface area contributed by atoms with E-state index in [0.717, 1.165) is 0 Å². The Bertz CT molecular complexity index is 511. The number of aromatic carboxylic acids is 1. The molecule has 0 atom stereocenters. The van der Waals surface area contributed by atoms with E-state index in [1.54, 1.807) is 18.2 Å². The van der Waals surface area contributed by atoms with E-state index >= 15 is 0 Å².